The third-order valence-corrected chi connectivity index (χ3v) is 3.68. The normalized spacial score (nSPS) is 18.8. The smallest absolute Gasteiger partial charge is 0.151 e. The van der Waals surface area contributed by atoms with Crippen LogP contribution in [0.15, 0.2) is 36.4 Å². The van der Waals surface area contributed by atoms with Crippen LogP contribution in [0.5, 0.6) is 0 Å². The quantitative estimate of drug-likeness (QED) is 0.913. The summed E-state index contributed by atoms with van der Waals surface area (Å²) in [6.45, 7) is 1.79. The number of anilines is 1. The number of hydrogen-bond acceptors (Lipinski definition) is 4. The Labute approximate surface area is 117 Å². The van der Waals surface area contributed by atoms with E-state index in [-0.39, 0.29) is 6.04 Å². The third-order valence-electron chi connectivity index (χ3n) is 3.35. The Kier molecular flexibility index (Phi) is 3.36. The summed E-state index contributed by atoms with van der Waals surface area (Å²) < 4.78 is 0. The number of benzene rings is 1. The number of nitrogens with zero attached hydrogens (tertiary/aromatic N) is 3. The Morgan fingerprint density at radius 1 is 1.16 bits per heavy atom. The van der Waals surface area contributed by atoms with Crippen LogP contribution >= 0.6 is 11.6 Å². The van der Waals surface area contributed by atoms with Crippen LogP contribution in [0.1, 0.15) is 6.42 Å². The molecule has 1 unspecified atom stereocenters. The molecular formula is C14H15ClN4. The summed E-state index contributed by atoms with van der Waals surface area (Å²) in [6, 6.07) is 11.8. The van der Waals surface area contributed by atoms with Crippen molar-refractivity contribution < 1.29 is 0 Å². The molecule has 0 bridgehead atoms. The predicted molar refractivity (Wildman–Crippen MR) is 77.3 cm³/mol. The molecule has 1 aliphatic rings. The Bertz CT molecular complexity index is 570. The van der Waals surface area contributed by atoms with Crippen LogP contribution in [-0.4, -0.2) is 29.3 Å². The van der Waals surface area contributed by atoms with Gasteiger partial charge in [-0.05, 0) is 24.6 Å². The Morgan fingerprint density at radius 2 is 2.00 bits per heavy atom. The van der Waals surface area contributed by atoms with E-state index < -0.39 is 0 Å². The van der Waals surface area contributed by atoms with Crippen molar-refractivity contribution in [1.82, 2.24) is 10.2 Å². The van der Waals surface area contributed by atoms with Crippen molar-refractivity contribution in [2.45, 2.75) is 12.5 Å². The van der Waals surface area contributed by atoms with Crippen molar-refractivity contribution in [3.05, 3.63) is 41.4 Å². The largest absolute Gasteiger partial charge is 0.354 e. The first-order valence-corrected chi connectivity index (χ1v) is 6.71. The number of aromatic nitrogens is 2. The fourth-order valence-electron chi connectivity index (χ4n) is 2.30. The van der Waals surface area contributed by atoms with Gasteiger partial charge in [0.15, 0.2) is 5.82 Å². The van der Waals surface area contributed by atoms with Gasteiger partial charge < -0.3 is 10.6 Å². The van der Waals surface area contributed by atoms with E-state index in [0.29, 0.717) is 5.02 Å². The molecule has 2 heterocycles. The summed E-state index contributed by atoms with van der Waals surface area (Å²) in [4.78, 5) is 2.16. The molecule has 4 nitrogen and oxygen atoms in total. The van der Waals surface area contributed by atoms with E-state index in [9.17, 15) is 0 Å². The minimum Gasteiger partial charge on any atom is -0.354 e. The molecule has 0 aliphatic carbocycles. The fourth-order valence-corrected chi connectivity index (χ4v) is 2.53. The summed E-state index contributed by atoms with van der Waals surface area (Å²) >= 11 is 6.15. The molecule has 1 fully saturated rings. The van der Waals surface area contributed by atoms with Crippen molar-refractivity contribution in [3.63, 3.8) is 0 Å². The number of nitrogens with two attached hydrogens (primary N) is 1. The highest BCUT2D eigenvalue weighted by Gasteiger charge is 2.20. The minimum absolute atomic E-state index is 0.241. The topological polar surface area (TPSA) is 55.0 Å². The first-order chi connectivity index (χ1) is 9.24. The zero-order chi connectivity index (χ0) is 13.2. The Balaban J connectivity index is 1.85. The molecule has 1 atom stereocenters. The summed E-state index contributed by atoms with van der Waals surface area (Å²) in [5.74, 6) is 0.878. The highest BCUT2D eigenvalue weighted by atomic mass is 35.5. The van der Waals surface area contributed by atoms with Crippen LogP contribution in [-0.2, 0) is 0 Å². The number of hydrogen-bond donors (Lipinski definition) is 1. The van der Waals surface area contributed by atoms with Crippen molar-refractivity contribution in [3.8, 4) is 11.3 Å². The maximum absolute atomic E-state index is 6.15. The molecule has 0 spiro atoms. The average Bonchev–Trinajstić information content (AvgIpc) is 2.86. The highest BCUT2D eigenvalue weighted by Crippen LogP contribution is 2.26. The van der Waals surface area contributed by atoms with Crippen molar-refractivity contribution in [2.75, 3.05) is 18.0 Å². The zero-order valence-corrected chi connectivity index (χ0v) is 11.2. The van der Waals surface area contributed by atoms with E-state index in [1.165, 1.54) is 0 Å². The van der Waals surface area contributed by atoms with Crippen molar-refractivity contribution in [2.24, 2.45) is 5.73 Å². The molecule has 19 heavy (non-hydrogen) atoms. The predicted octanol–water partition coefficient (Wildman–Crippen LogP) is 2.33. The Hall–Kier alpha value is -1.65. The molecule has 0 saturated carbocycles. The van der Waals surface area contributed by atoms with Crippen molar-refractivity contribution >= 4 is 17.4 Å². The second kappa shape index (κ2) is 5.15. The van der Waals surface area contributed by atoms with Crippen LogP contribution in [0.25, 0.3) is 11.3 Å². The molecule has 5 heteroatoms. The standard InChI is InChI=1S/C14H15ClN4/c15-12-4-2-1-3-11(12)13-5-6-14(18-17-13)19-8-7-10(16)9-19/h1-6,10H,7-9,16H2. The minimum atomic E-state index is 0.241. The van der Waals surface area contributed by atoms with Crippen LogP contribution in [0.3, 0.4) is 0 Å². The average molecular weight is 275 g/mol. The Morgan fingerprint density at radius 3 is 2.63 bits per heavy atom. The fraction of sp³-hybridized carbons (Fsp3) is 0.286. The van der Waals surface area contributed by atoms with E-state index in [4.69, 9.17) is 17.3 Å². The van der Waals surface area contributed by atoms with Gasteiger partial charge in [-0.15, -0.1) is 10.2 Å². The molecular weight excluding hydrogens is 260 g/mol. The lowest BCUT2D eigenvalue weighted by Gasteiger charge is -2.16. The molecule has 0 radical (unpaired) electrons. The molecule has 0 amide bonds. The van der Waals surface area contributed by atoms with Crippen LogP contribution in [0.2, 0.25) is 5.02 Å². The van der Waals surface area contributed by atoms with E-state index in [1.807, 2.05) is 36.4 Å². The lowest BCUT2D eigenvalue weighted by Crippen LogP contribution is -2.27. The monoisotopic (exact) mass is 274 g/mol. The molecule has 3 rings (SSSR count). The second-order valence-corrected chi connectivity index (χ2v) is 5.16. The van der Waals surface area contributed by atoms with Crippen LogP contribution < -0.4 is 10.6 Å². The van der Waals surface area contributed by atoms with E-state index in [2.05, 4.69) is 15.1 Å². The summed E-state index contributed by atoms with van der Waals surface area (Å²) in [5, 5.41) is 9.22. The van der Waals surface area contributed by atoms with Gasteiger partial charge >= 0.3 is 0 Å². The van der Waals surface area contributed by atoms with E-state index in [1.54, 1.807) is 0 Å². The highest BCUT2D eigenvalue weighted by molar-refractivity contribution is 6.33. The van der Waals surface area contributed by atoms with Crippen molar-refractivity contribution in [1.29, 1.82) is 0 Å². The van der Waals surface area contributed by atoms with Gasteiger partial charge in [0, 0.05) is 24.7 Å². The SMILES string of the molecule is NC1CCN(c2ccc(-c3ccccc3Cl)nn2)C1. The van der Waals surface area contributed by atoms with Gasteiger partial charge in [-0.25, -0.2) is 0 Å². The van der Waals surface area contributed by atoms with Gasteiger partial charge in [0.1, 0.15) is 0 Å². The first kappa shape index (κ1) is 12.4. The van der Waals surface area contributed by atoms with Gasteiger partial charge in [0.25, 0.3) is 0 Å². The van der Waals surface area contributed by atoms with Gasteiger partial charge in [0.2, 0.25) is 0 Å². The number of rotatable bonds is 2. The number of halogens is 1. The van der Waals surface area contributed by atoms with Gasteiger partial charge in [-0.3, -0.25) is 0 Å². The molecule has 1 aromatic heterocycles. The molecule has 1 saturated heterocycles. The maximum atomic E-state index is 6.15. The molecule has 2 aromatic rings. The van der Waals surface area contributed by atoms with Gasteiger partial charge in [0.05, 0.1) is 10.7 Å². The molecule has 2 N–H and O–H groups in total. The summed E-state index contributed by atoms with van der Waals surface area (Å²) in [6.07, 6.45) is 1.01. The summed E-state index contributed by atoms with van der Waals surface area (Å²) in [5.41, 5.74) is 7.59. The van der Waals surface area contributed by atoms with Crippen LogP contribution in [0, 0.1) is 0 Å². The summed E-state index contributed by atoms with van der Waals surface area (Å²) in [7, 11) is 0. The first-order valence-electron chi connectivity index (χ1n) is 6.33. The van der Waals surface area contributed by atoms with Gasteiger partial charge in [-0.2, -0.15) is 0 Å². The molecule has 1 aromatic carbocycles. The van der Waals surface area contributed by atoms with Gasteiger partial charge in [-0.1, -0.05) is 29.8 Å². The third kappa shape index (κ3) is 2.55. The van der Waals surface area contributed by atoms with E-state index >= 15 is 0 Å². The van der Waals surface area contributed by atoms with Crippen LogP contribution in [0.4, 0.5) is 5.82 Å². The lowest BCUT2D eigenvalue weighted by atomic mass is 10.1. The van der Waals surface area contributed by atoms with E-state index in [0.717, 1.165) is 36.6 Å². The molecule has 1 aliphatic heterocycles. The molecule has 98 valence electrons. The zero-order valence-electron chi connectivity index (χ0n) is 10.5. The second-order valence-electron chi connectivity index (χ2n) is 4.75. The lowest BCUT2D eigenvalue weighted by molar-refractivity contribution is 0.750. The maximum Gasteiger partial charge on any atom is 0.151 e.